The Morgan fingerprint density at radius 3 is 2.46 bits per heavy atom. The van der Waals surface area contributed by atoms with E-state index in [4.69, 9.17) is 0 Å². The molecule has 0 aliphatic carbocycles. The number of anilines is 1. The van der Waals surface area contributed by atoms with Crippen LogP contribution in [0.5, 0.6) is 0 Å². The fourth-order valence-corrected chi connectivity index (χ4v) is 2.65. The third-order valence-electron chi connectivity index (χ3n) is 3.78. The van der Waals surface area contributed by atoms with Crippen molar-refractivity contribution in [3.8, 4) is 0 Å². The van der Waals surface area contributed by atoms with Crippen LogP contribution in [-0.4, -0.2) is 23.0 Å². The van der Waals surface area contributed by atoms with E-state index in [-0.39, 0.29) is 18.7 Å². The van der Waals surface area contributed by atoms with E-state index in [1.165, 1.54) is 23.1 Å². The number of benzene rings is 2. The predicted octanol–water partition coefficient (Wildman–Crippen LogP) is 3.57. The number of hydrogen-bond donors (Lipinski definition) is 1. The molecule has 0 aliphatic heterocycles. The normalized spacial score (nSPS) is 11.8. The predicted molar refractivity (Wildman–Crippen MR) is 90.5 cm³/mol. The van der Waals surface area contributed by atoms with Crippen LogP contribution in [0.1, 0.15) is 24.5 Å². The Hall–Kier alpha value is -2.69. The van der Waals surface area contributed by atoms with Crippen molar-refractivity contribution in [3.63, 3.8) is 0 Å². The molecule has 0 saturated carbocycles. The number of carbonyl (C=O) groups excluding carboxylic acids is 1. The molecule has 0 spiro atoms. The number of carboxylic acids is 1. The van der Waals surface area contributed by atoms with Crippen molar-refractivity contribution in [2.45, 2.75) is 32.7 Å². The molecule has 1 N–H and O–H groups in total. The first-order valence-corrected chi connectivity index (χ1v) is 7.78. The van der Waals surface area contributed by atoms with E-state index in [9.17, 15) is 19.1 Å². The minimum absolute atomic E-state index is 0.0600. The number of hydrogen-bond acceptors (Lipinski definition) is 2. The van der Waals surface area contributed by atoms with Crippen LogP contribution >= 0.6 is 0 Å². The van der Waals surface area contributed by atoms with Gasteiger partial charge in [0.15, 0.2) is 0 Å². The van der Waals surface area contributed by atoms with Crippen molar-refractivity contribution in [2.24, 2.45) is 0 Å². The zero-order valence-corrected chi connectivity index (χ0v) is 13.7. The van der Waals surface area contributed by atoms with E-state index in [1.807, 2.05) is 13.0 Å². The van der Waals surface area contributed by atoms with Gasteiger partial charge in [-0.15, -0.1) is 0 Å². The summed E-state index contributed by atoms with van der Waals surface area (Å²) in [4.78, 5) is 25.7. The fourth-order valence-electron chi connectivity index (χ4n) is 2.65. The van der Waals surface area contributed by atoms with Gasteiger partial charge in [-0.3, -0.25) is 9.69 Å². The van der Waals surface area contributed by atoms with E-state index < -0.39 is 17.8 Å². The van der Waals surface area contributed by atoms with E-state index in [1.54, 1.807) is 31.2 Å². The molecule has 1 amide bonds. The number of aliphatic carboxylic acids is 1. The molecule has 24 heavy (non-hydrogen) atoms. The van der Waals surface area contributed by atoms with Crippen LogP contribution < -0.4 is 4.90 Å². The number of carboxylic acid groups (broad SMARTS) is 1. The highest BCUT2D eigenvalue weighted by molar-refractivity contribution is 6.00. The number of halogens is 1. The first-order valence-electron chi connectivity index (χ1n) is 7.78. The SMILES string of the molecule is CCC(C(=O)O)N(C(=O)Cc1cccc(F)c1)c1cccc(C)c1. The molecular formula is C19H20FNO3. The summed E-state index contributed by atoms with van der Waals surface area (Å²) in [5, 5.41) is 9.48. The molecule has 0 bridgehead atoms. The first-order chi connectivity index (χ1) is 11.4. The van der Waals surface area contributed by atoms with Crippen LogP contribution in [0, 0.1) is 12.7 Å². The summed E-state index contributed by atoms with van der Waals surface area (Å²) in [5.74, 6) is -1.86. The highest BCUT2D eigenvalue weighted by atomic mass is 19.1. The molecule has 1 atom stereocenters. The lowest BCUT2D eigenvalue weighted by molar-refractivity contribution is -0.140. The van der Waals surface area contributed by atoms with Crippen molar-refractivity contribution >= 4 is 17.6 Å². The number of nitrogens with zero attached hydrogens (tertiary/aromatic N) is 1. The van der Waals surface area contributed by atoms with Gasteiger partial charge in [0.05, 0.1) is 6.42 Å². The zero-order chi connectivity index (χ0) is 17.7. The third-order valence-corrected chi connectivity index (χ3v) is 3.78. The van der Waals surface area contributed by atoms with Crippen LogP contribution in [0.3, 0.4) is 0 Å². The topological polar surface area (TPSA) is 57.6 Å². The molecule has 2 aromatic rings. The highest BCUT2D eigenvalue weighted by Crippen LogP contribution is 2.22. The van der Waals surface area contributed by atoms with Gasteiger partial charge in [0.2, 0.25) is 5.91 Å². The van der Waals surface area contributed by atoms with Gasteiger partial charge in [-0.05, 0) is 48.7 Å². The van der Waals surface area contributed by atoms with Gasteiger partial charge < -0.3 is 5.11 Å². The number of carbonyl (C=O) groups is 2. The monoisotopic (exact) mass is 329 g/mol. The molecule has 126 valence electrons. The molecule has 4 nitrogen and oxygen atoms in total. The molecular weight excluding hydrogens is 309 g/mol. The summed E-state index contributed by atoms with van der Waals surface area (Å²) in [6, 6.07) is 11.9. The van der Waals surface area contributed by atoms with Crippen molar-refractivity contribution in [1.29, 1.82) is 0 Å². The van der Waals surface area contributed by atoms with E-state index >= 15 is 0 Å². The standard InChI is InChI=1S/C19H20FNO3/c1-3-17(19(23)24)21(16-9-4-6-13(2)10-16)18(22)12-14-7-5-8-15(20)11-14/h4-11,17H,3,12H2,1-2H3,(H,23,24). The van der Waals surface area contributed by atoms with E-state index in [2.05, 4.69) is 0 Å². The van der Waals surface area contributed by atoms with Crippen molar-refractivity contribution in [1.82, 2.24) is 0 Å². The molecule has 0 radical (unpaired) electrons. The summed E-state index contributed by atoms with van der Waals surface area (Å²) in [6.07, 6.45) is 0.216. The second kappa shape index (κ2) is 7.73. The molecule has 0 fully saturated rings. The Morgan fingerprint density at radius 2 is 1.88 bits per heavy atom. The summed E-state index contributed by atoms with van der Waals surface area (Å²) in [5.41, 5.74) is 1.97. The van der Waals surface area contributed by atoms with Gasteiger partial charge in [0.1, 0.15) is 11.9 Å². The lowest BCUT2D eigenvalue weighted by Crippen LogP contribution is -2.45. The quantitative estimate of drug-likeness (QED) is 0.881. The molecule has 0 saturated heterocycles. The molecule has 0 heterocycles. The lowest BCUT2D eigenvalue weighted by atomic mass is 10.1. The van der Waals surface area contributed by atoms with E-state index in [0.29, 0.717) is 11.3 Å². The molecule has 1 unspecified atom stereocenters. The molecule has 5 heteroatoms. The van der Waals surface area contributed by atoms with Gasteiger partial charge in [-0.25, -0.2) is 9.18 Å². The Balaban J connectivity index is 2.37. The maximum Gasteiger partial charge on any atom is 0.326 e. The minimum Gasteiger partial charge on any atom is -0.480 e. The number of rotatable bonds is 6. The third kappa shape index (κ3) is 4.19. The summed E-state index contributed by atoms with van der Waals surface area (Å²) in [7, 11) is 0. The van der Waals surface area contributed by atoms with Crippen molar-refractivity contribution in [2.75, 3.05) is 4.90 Å². The summed E-state index contributed by atoms with van der Waals surface area (Å²) < 4.78 is 13.3. The summed E-state index contributed by atoms with van der Waals surface area (Å²) in [6.45, 7) is 3.59. The first kappa shape index (κ1) is 17.7. The molecule has 2 aromatic carbocycles. The van der Waals surface area contributed by atoms with Crippen LogP contribution in [-0.2, 0) is 16.0 Å². The Morgan fingerprint density at radius 1 is 1.17 bits per heavy atom. The average molecular weight is 329 g/mol. The largest absolute Gasteiger partial charge is 0.480 e. The lowest BCUT2D eigenvalue weighted by Gasteiger charge is -2.29. The summed E-state index contributed by atoms with van der Waals surface area (Å²) >= 11 is 0. The van der Waals surface area contributed by atoms with Gasteiger partial charge in [-0.1, -0.05) is 31.2 Å². The van der Waals surface area contributed by atoms with Crippen molar-refractivity contribution in [3.05, 3.63) is 65.5 Å². The average Bonchev–Trinajstić information content (AvgIpc) is 2.51. The van der Waals surface area contributed by atoms with Crippen LogP contribution in [0.2, 0.25) is 0 Å². The van der Waals surface area contributed by atoms with Gasteiger partial charge in [-0.2, -0.15) is 0 Å². The molecule has 2 rings (SSSR count). The molecule has 0 aromatic heterocycles. The fraction of sp³-hybridized carbons (Fsp3) is 0.263. The highest BCUT2D eigenvalue weighted by Gasteiger charge is 2.29. The number of amides is 1. The smallest absolute Gasteiger partial charge is 0.326 e. The van der Waals surface area contributed by atoms with Gasteiger partial charge in [0.25, 0.3) is 0 Å². The number of aryl methyl sites for hydroxylation is 1. The van der Waals surface area contributed by atoms with Crippen molar-refractivity contribution < 1.29 is 19.1 Å². The molecule has 0 aliphatic rings. The zero-order valence-electron chi connectivity index (χ0n) is 13.7. The minimum atomic E-state index is -1.06. The van der Waals surface area contributed by atoms with Gasteiger partial charge >= 0.3 is 5.97 Å². The second-order valence-corrected chi connectivity index (χ2v) is 5.67. The van der Waals surface area contributed by atoms with Crippen LogP contribution in [0.15, 0.2) is 48.5 Å². The Labute approximate surface area is 140 Å². The maximum atomic E-state index is 13.3. The van der Waals surface area contributed by atoms with Gasteiger partial charge in [0, 0.05) is 5.69 Å². The van der Waals surface area contributed by atoms with E-state index in [0.717, 1.165) is 5.56 Å². The second-order valence-electron chi connectivity index (χ2n) is 5.67. The van der Waals surface area contributed by atoms with Crippen LogP contribution in [0.25, 0.3) is 0 Å². The van der Waals surface area contributed by atoms with Crippen LogP contribution in [0.4, 0.5) is 10.1 Å². The maximum absolute atomic E-state index is 13.3. The Bertz CT molecular complexity index is 745. The Kier molecular flexibility index (Phi) is 5.68.